The number of pyridine rings is 1. The smallest absolute Gasteiger partial charge is 0.483 e. The predicted octanol–water partition coefficient (Wildman–Crippen LogP) is 4.03. The van der Waals surface area contributed by atoms with Crippen LogP contribution in [0.3, 0.4) is 0 Å². The number of nitrogens with one attached hydrogen (secondary N) is 1. The van der Waals surface area contributed by atoms with Crippen LogP contribution in [0.15, 0.2) is 41.7 Å². The number of para-hydroxylation sites is 2. The van der Waals surface area contributed by atoms with E-state index < -0.39 is 17.1 Å². The Hall–Kier alpha value is -2.72. The van der Waals surface area contributed by atoms with Crippen molar-refractivity contribution in [2.24, 2.45) is 0 Å². The summed E-state index contributed by atoms with van der Waals surface area (Å²) in [6.07, 6.45) is -0.331. The number of rotatable bonds is 8. The number of carbonyl (C=O) groups is 1. The largest absolute Gasteiger partial charge is 0.493 e. The van der Waals surface area contributed by atoms with Gasteiger partial charge in [-0.25, -0.2) is 9.78 Å². The van der Waals surface area contributed by atoms with E-state index in [0.717, 1.165) is 34.5 Å². The van der Waals surface area contributed by atoms with Gasteiger partial charge < -0.3 is 14.5 Å². The number of H-pyrrole nitrogens is 1. The van der Waals surface area contributed by atoms with Crippen molar-refractivity contribution in [1.29, 1.82) is 0 Å². The second-order valence-electron chi connectivity index (χ2n) is 5.85. The normalized spacial score (nSPS) is 11.6. The summed E-state index contributed by atoms with van der Waals surface area (Å²) in [5, 5.41) is 0.466. The van der Waals surface area contributed by atoms with Crippen molar-refractivity contribution < 1.29 is 27.3 Å². The summed E-state index contributed by atoms with van der Waals surface area (Å²) in [4.78, 5) is 20.0. The van der Waals surface area contributed by atoms with Crippen LogP contribution in [-0.4, -0.2) is 45.8 Å². The molecular formula is C19H21F2N3O4S. The molecule has 156 valence electrons. The molecule has 1 N–H and O–H groups in total. The van der Waals surface area contributed by atoms with E-state index in [2.05, 4.69) is 15.0 Å². The fraction of sp³-hybridized carbons (Fsp3) is 0.316. The molecule has 7 nitrogen and oxygen atoms in total. The van der Waals surface area contributed by atoms with Gasteiger partial charge in [0.25, 0.3) is 0 Å². The lowest BCUT2D eigenvalue weighted by Crippen LogP contribution is -2.06. The fourth-order valence-corrected chi connectivity index (χ4v) is 3.58. The molecule has 0 spiro atoms. The molecule has 0 amide bonds. The first-order valence-electron chi connectivity index (χ1n) is 8.66. The van der Waals surface area contributed by atoms with Crippen LogP contribution in [0.4, 0.5) is 13.6 Å². The average Bonchev–Trinajstić information content (AvgIpc) is 3.12. The molecule has 0 saturated carbocycles. The van der Waals surface area contributed by atoms with Gasteiger partial charge in [0, 0.05) is 31.9 Å². The highest BCUT2D eigenvalue weighted by molar-refractivity contribution is 7.84. The zero-order valence-corrected chi connectivity index (χ0v) is 16.8. The highest BCUT2D eigenvalue weighted by Gasteiger charge is 2.14. The highest BCUT2D eigenvalue weighted by Crippen LogP contribution is 2.22. The first kappa shape index (κ1) is 22.6. The number of hydrogen-bond donors (Lipinski definition) is 1. The zero-order valence-electron chi connectivity index (χ0n) is 16.0. The third-order valence-corrected chi connectivity index (χ3v) is 5.02. The number of halogens is 2. The number of carbonyl (C=O) groups excluding carboxylic acids is 1. The van der Waals surface area contributed by atoms with Gasteiger partial charge in [-0.05, 0) is 25.1 Å². The van der Waals surface area contributed by atoms with Crippen molar-refractivity contribution in [2.45, 2.75) is 24.3 Å². The summed E-state index contributed by atoms with van der Waals surface area (Å²) in [6, 6.07) is 9.47. The molecule has 2 aromatic heterocycles. The second-order valence-corrected chi connectivity index (χ2v) is 7.22. The molecule has 0 saturated heterocycles. The maximum atomic E-state index is 12.7. The molecule has 0 radical (unpaired) electrons. The fourth-order valence-electron chi connectivity index (χ4n) is 2.48. The molecule has 0 fully saturated rings. The molecule has 3 aromatic rings. The van der Waals surface area contributed by atoms with E-state index in [1.54, 1.807) is 13.3 Å². The van der Waals surface area contributed by atoms with Gasteiger partial charge >= 0.3 is 6.29 Å². The van der Waals surface area contributed by atoms with Gasteiger partial charge in [-0.2, -0.15) is 0 Å². The first-order valence-corrected chi connectivity index (χ1v) is 9.98. The third kappa shape index (κ3) is 6.99. The Balaban J connectivity index is 0.000000687. The predicted molar refractivity (Wildman–Crippen MR) is 105 cm³/mol. The van der Waals surface area contributed by atoms with E-state index in [9.17, 15) is 13.0 Å². The number of benzene rings is 1. The van der Waals surface area contributed by atoms with E-state index in [4.69, 9.17) is 14.3 Å². The molecule has 0 aliphatic carbocycles. The topological polar surface area (TPSA) is 94.2 Å². The lowest BCUT2D eigenvalue weighted by Gasteiger charge is -2.11. The van der Waals surface area contributed by atoms with Gasteiger partial charge in [-0.1, -0.05) is 12.1 Å². The molecule has 1 unspecified atom stereocenters. The van der Waals surface area contributed by atoms with Crippen molar-refractivity contribution in [3.63, 3.8) is 0 Å². The number of ether oxygens (including phenoxy) is 2. The van der Waals surface area contributed by atoms with E-state index in [0.29, 0.717) is 24.1 Å². The van der Waals surface area contributed by atoms with Gasteiger partial charge in [0.2, 0.25) is 0 Å². The number of nitrogens with zero attached hydrogens (tertiary/aromatic N) is 2. The van der Waals surface area contributed by atoms with Crippen LogP contribution in [0.5, 0.6) is 5.75 Å². The number of aromatic amines is 1. The second kappa shape index (κ2) is 11.3. The maximum Gasteiger partial charge on any atom is 0.483 e. The number of imidazole rings is 1. The van der Waals surface area contributed by atoms with Crippen molar-refractivity contribution in [3.05, 3.63) is 47.8 Å². The van der Waals surface area contributed by atoms with E-state index in [1.807, 2.05) is 37.3 Å². The number of methoxy groups -OCH3 is 1. The van der Waals surface area contributed by atoms with Crippen LogP contribution >= 0.6 is 0 Å². The summed E-state index contributed by atoms with van der Waals surface area (Å²) in [6.45, 7) is 3.17. The van der Waals surface area contributed by atoms with Gasteiger partial charge in [-0.3, -0.25) is 9.19 Å². The lowest BCUT2D eigenvalue weighted by molar-refractivity contribution is 0.172. The minimum absolute atomic E-state index is 0.293. The van der Waals surface area contributed by atoms with Gasteiger partial charge in [0.1, 0.15) is 5.75 Å². The molecule has 0 aliphatic heterocycles. The van der Waals surface area contributed by atoms with Gasteiger partial charge in [0.05, 0.1) is 39.9 Å². The number of fused-ring (bicyclic) bond motifs is 1. The molecule has 1 aromatic carbocycles. The maximum absolute atomic E-state index is 12.7. The van der Waals surface area contributed by atoms with Crippen LogP contribution in [0.2, 0.25) is 0 Å². The highest BCUT2D eigenvalue weighted by atomic mass is 32.2. The molecule has 10 heteroatoms. The Kier molecular flexibility index (Phi) is 8.81. The molecule has 3 rings (SSSR count). The summed E-state index contributed by atoms with van der Waals surface area (Å²) >= 11 is 0. The molecule has 0 bridgehead atoms. The van der Waals surface area contributed by atoms with Crippen LogP contribution < -0.4 is 4.74 Å². The number of aromatic nitrogens is 3. The Morgan fingerprint density at radius 3 is 2.62 bits per heavy atom. The summed E-state index contributed by atoms with van der Waals surface area (Å²) in [5.41, 5.74) is 3.35. The molecular weight excluding hydrogens is 404 g/mol. The van der Waals surface area contributed by atoms with Gasteiger partial charge in [0.15, 0.2) is 5.16 Å². The summed E-state index contributed by atoms with van der Waals surface area (Å²) in [5.74, 6) is 1.06. The summed E-state index contributed by atoms with van der Waals surface area (Å²) < 4.78 is 42.8. The lowest BCUT2D eigenvalue weighted by atomic mass is 10.2. The summed E-state index contributed by atoms with van der Waals surface area (Å²) in [7, 11) is 0.371. The van der Waals surface area contributed by atoms with Crippen LogP contribution in [-0.2, 0) is 21.3 Å². The average molecular weight is 425 g/mol. The molecule has 0 aliphatic rings. The SMILES string of the molecule is COCCCOc1ccnc(CS(=O)c2nc3ccccc3[nH]2)c1C.O=C(F)F. The van der Waals surface area contributed by atoms with Crippen molar-refractivity contribution in [1.82, 2.24) is 15.0 Å². The van der Waals surface area contributed by atoms with E-state index in [1.165, 1.54) is 0 Å². The van der Waals surface area contributed by atoms with Gasteiger partial charge in [-0.15, -0.1) is 8.78 Å². The van der Waals surface area contributed by atoms with Crippen LogP contribution in [0.25, 0.3) is 11.0 Å². The minimum Gasteiger partial charge on any atom is -0.493 e. The Labute approximate surface area is 168 Å². The van der Waals surface area contributed by atoms with Crippen molar-refractivity contribution in [3.8, 4) is 5.75 Å². The van der Waals surface area contributed by atoms with Crippen LogP contribution in [0, 0.1) is 6.92 Å². The Bertz CT molecular complexity index is 944. The minimum atomic E-state index is -2.83. The van der Waals surface area contributed by atoms with Crippen molar-refractivity contribution >= 4 is 28.1 Å². The van der Waals surface area contributed by atoms with E-state index >= 15 is 0 Å². The standard InChI is InChI=1S/C18H21N3O3S.CF2O/c1-13-16(19-9-8-17(13)24-11-5-10-23-2)12-25(22)18-20-14-6-3-4-7-15(14)21-18;2-1(3)4/h3-4,6-9H,5,10-12H2,1-2H3,(H,20,21);. The first-order chi connectivity index (χ1) is 13.9. The molecule has 29 heavy (non-hydrogen) atoms. The third-order valence-electron chi connectivity index (χ3n) is 3.86. The Morgan fingerprint density at radius 1 is 1.21 bits per heavy atom. The zero-order chi connectivity index (χ0) is 21.2. The monoisotopic (exact) mass is 425 g/mol. The van der Waals surface area contributed by atoms with Crippen molar-refractivity contribution in [2.75, 3.05) is 20.3 Å². The molecule has 1 atom stereocenters. The quantitative estimate of drug-likeness (QED) is 0.432. The molecule has 2 heterocycles. The number of hydrogen-bond acceptors (Lipinski definition) is 6. The Morgan fingerprint density at radius 2 is 1.93 bits per heavy atom. The van der Waals surface area contributed by atoms with Crippen LogP contribution in [0.1, 0.15) is 17.7 Å². The van der Waals surface area contributed by atoms with E-state index in [-0.39, 0.29) is 0 Å².